The van der Waals surface area contributed by atoms with Crippen LogP contribution in [0.2, 0.25) is 0 Å². The normalized spacial score (nSPS) is 11.5. The van der Waals surface area contributed by atoms with Crippen molar-refractivity contribution in [1.29, 1.82) is 0 Å². The molecular weight excluding hydrogens is 144 g/mol. The zero-order valence-electron chi connectivity index (χ0n) is 9.62. The summed E-state index contributed by atoms with van der Waals surface area (Å²) in [7, 11) is 0. The van der Waals surface area contributed by atoms with Crippen LogP contribution in [0.4, 0.5) is 0 Å². The molecule has 0 aromatic rings. The Morgan fingerprint density at radius 3 is 1.83 bits per heavy atom. The minimum atomic E-state index is 0.446. The van der Waals surface area contributed by atoms with Crippen molar-refractivity contribution in [1.82, 2.24) is 0 Å². The molecule has 0 spiro atoms. The first-order valence-corrected chi connectivity index (χ1v) is 5.02. The van der Waals surface area contributed by atoms with Gasteiger partial charge in [-0.1, -0.05) is 45.3 Å². The third-order valence-corrected chi connectivity index (χ3v) is 2.00. The van der Waals surface area contributed by atoms with E-state index in [1.54, 1.807) is 5.57 Å². The second-order valence-electron chi connectivity index (χ2n) is 5.09. The quantitative estimate of drug-likeness (QED) is 0.542. The molecule has 0 aliphatic rings. The van der Waals surface area contributed by atoms with Gasteiger partial charge in [0, 0.05) is 0 Å². The zero-order valence-corrected chi connectivity index (χ0v) is 9.62. The highest BCUT2D eigenvalue weighted by molar-refractivity contribution is 5.11. The molecule has 72 valence electrons. The van der Waals surface area contributed by atoms with Crippen LogP contribution in [0.15, 0.2) is 11.1 Å². The van der Waals surface area contributed by atoms with Gasteiger partial charge in [-0.3, -0.25) is 0 Å². The van der Waals surface area contributed by atoms with E-state index in [9.17, 15) is 0 Å². The summed E-state index contributed by atoms with van der Waals surface area (Å²) in [6, 6.07) is 0. The van der Waals surface area contributed by atoms with Crippen LogP contribution in [-0.4, -0.2) is 0 Å². The van der Waals surface area contributed by atoms with Crippen LogP contribution in [0.3, 0.4) is 0 Å². The lowest BCUT2D eigenvalue weighted by molar-refractivity contribution is 0.402. The first-order valence-electron chi connectivity index (χ1n) is 5.02. The van der Waals surface area contributed by atoms with Crippen LogP contribution in [0.25, 0.3) is 0 Å². The molecule has 0 aliphatic carbocycles. The SMILES string of the molecule is CCCC(CC(C)(C)C)=C(C)C. The van der Waals surface area contributed by atoms with Crippen LogP contribution >= 0.6 is 0 Å². The summed E-state index contributed by atoms with van der Waals surface area (Å²) in [5.74, 6) is 0. The predicted octanol–water partition coefficient (Wildman–Crippen LogP) is 4.56. The molecule has 12 heavy (non-hydrogen) atoms. The zero-order chi connectivity index (χ0) is 9.78. The Hall–Kier alpha value is -0.260. The molecule has 0 unspecified atom stereocenters. The highest BCUT2D eigenvalue weighted by atomic mass is 14.2. The third-order valence-electron chi connectivity index (χ3n) is 2.00. The molecular formula is C12H24. The van der Waals surface area contributed by atoms with Crippen molar-refractivity contribution in [3.63, 3.8) is 0 Å². The van der Waals surface area contributed by atoms with Gasteiger partial charge in [-0.05, 0) is 32.1 Å². The minimum absolute atomic E-state index is 0.446. The van der Waals surface area contributed by atoms with Gasteiger partial charge in [0.05, 0.1) is 0 Å². The summed E-state index contributed by atoms with van der Waals surface area (Å²) >= 11 is 0. The van der Waals surface area contributed by atoms with Gasteiger partial charge >= 0.3 is 0 Å². The van der Waals surface area contributed by atoms with E-state index >= 15 is 0 Å². The summed E-state index contributed by atoms with van der Waals surface area (Å²) < 4.78 is 0. The van der Waals surface area contributed by atoms with Gasteiger partial charge in [0.2, 0.25) is 0 Å². The molecule has 0 saturated carbocycles. The molecule has 0 N–H and O–H groups in total. The van der Waals surface area contributed by atoms with E-state index < -0.39 is 0 Å². The Morgan fingerprint density at radius 2 is 1.58 bits per heavy atom. The second-order valence-corrected chi connectivity index (χ2v) is 5.09. The fourth-order valence-corrected chi connectivity index (χ4v) is 1.46. The molecule has 0 heteroatoms. The average Bonchev–Trinajstić information content (AvgIpc) is 1.83. The molecule has 0 nitrogen and oxygen atoms in total. The Morgan fingerprint density at radius 1 is 1.08 bits per heavy atom. The van der Waals surface area contributed by atoms with Crippen molar-refractivity contribution in [2.75, 3.05) is 0 Å². The van der Waals surface area contributed by atoms with Crippen LogP contribution < -0.4 is 0 Å². The summed E-state index contributed by atoms with van der Waals surface area (Å²) in [4.78, 5) is 0. The number of hydrogen-bond acceptors (Lipinski definition) is 0. The molecule has 0 fully saturated rings. The maximum atomic E-state index is 2.31. The lowest BCUT2D eigenvalue weighted by Crippen LogP contribution is -2.07. The van der Waals surface area contributed by atoms with Crippen LogP contribution in [-0.2, 0) is 0 Å². The fourth-order valence-electron chi connectivity index (χ4n) is 1.46. The maximum Gasteiger partial charge on any atom is -0.0269 e. The maximum absolute atomic E-state index is 2.31. The molecule has 0 aromatic heterocycles. The van der Waals surface area contributed by atoms with E-state index in [0.717, 1.165) is 0 Å². The molecule has 0 amide bonds. The second kappa shape index (κ2) is 4.69. The Kier molecular flexibility index (Phi) is 4.59. The van der Waals surface area contributed by atoms with E-state index in [2.05, 4.69) is 41.5 Å². The molecule has 0 aliphatic heterocycles. The van der Waals surface area contributed by atoms with Gasteiger partial charge in [0.15, 0.2) is 0 Å². The van der Waals surface area contributed by atoms with Crippen molar-refractivity contribution in [2.24, 2.45) is 5.41 Å². The van der Waals surface area contributed by atoms with Crippen LogP contribution in [0, 0.1) is 5.41 Å². The van der Waals surface area contributed by atoms with Gasteiger partial charge in [0.25, 0.3) is 0 Å². The monoisotopic (exact) mass is 168 g/mol. The van der Waals surface area contributed by atoms with Gasteiger partial charge in [-0.25, -0.2) is 0 Å². The predicted molar refractivity (Wildman–Crippen MR) is 57.4 cm³/mol. The van der Waals surface area contributed by atoms with Crippen molar-refractivity contribution < 1.29 is 0 Å². The smallest absolute Gasteiger partial charge is 0.0269 e. The summed E-state index contributed by atoms with van der Waals surface area (Å²) in [6.07, 6.45) is 3.80. The topological polar surface area (TPSA) is 0 Å². The van der Waals surface area contributed by atoms with Gasteiger partial charge in [-0.15, -0.1) is 0 Å². The Balaban J connectivity index is 4.26. The van der Waals surface area contributed by atoms with Crippen molar-refractivity contribution in [2.45, 2.75) is 60.8 Å². The van der Waals surface area contributed by atoms with E-state index in [1.807, 2.05) is 0 Å². The molecule has 0 saturated heterocycles. The van der Waals surface area contributed by atoms with Gasteiger partial charge in [-0.2, -0.15) is 0 Å². The Bertz CT molecular complexity index is 151. The first-order chi connectivity index (χ1) is 5.37. The highest BCUT2D eigenvalue weighted by Crippen LogP contribution is 2.28. The van der Waals surface area contributed by atoms with Crippen molar-refractivity contribution in [3.8, 4) is 0 Å². The minimum Gasteiger partial charge on any atom is -0.0772 e. The fraction of sp³-hybridized carbons (Fsp3) is 0.833. The molecule has 0 heterocycles. The van der Waals surface area contributed by atoms with E-state index in [4.69, 9.17) is 0 Å². The molecule has 0 bridgehead atoms. The summed E-state index contributed by atoms with van der Waals surface area (Å²) in [5.41, 5.74) is 3.62. The largest absolute Gasteiger partial charge is 0.0772 e. The lowest BCUT2D eigenvalue weighted by Gasteiger charge is -2.21. The summed E-state index contributed by atoms with van der Waals surface area (Å²) in [6.45, 7) is 13.7. The van der Waals surface area contributed by atoms with Crippen molar-refractivity contribution >= 4 is 0 Å². The third kappa shape index (κ3) is 5.40. The number of rotatable bonds is 3. The van der Waals surface area contributed by atoms with E-state index in [-0.39, 0.29) is 0 Å². The van der Waals surface area contributed by atoms with Crippen molar-refractivity contribution in [3.05, 3.63) is 11.1 Å². The molecule has 0 rings (SSSR count). The average molecular weight is 168 g/mol. The van der Waals surface area contributed by atoms with Crippen LogP contribution in [0.5, 0.6) is 0 Å². The van der Waals surface area contributed by atoms with Gasteiger partial charge < -0.3 is 0 Å². The van der Waals surface area contributed by atoms with E-state index in [0.29, 0.717) is 5.41 Å². The molecule has 0 radical (unpaired) electrons. The first kappa shape index (κ1) is 11.7. The molecule has 0 atom stereocenters. The van der Waals surface area contributed by atoms with E-state index in [1.165, 1.54) is 24.8 Å². The molecule has 0 aromatic carbocycles. The Labute approximate surface area is 78.1 Å². The van der Waals surface area contributed by atoms with Crippen LogP contribution in [0.1, 0.15) is 60.8 Å². The number of hydrogen-bond donors (Lipinski definition) is 0. The number of allylic oxidation sites excluding steroid dienone is 2. The highest BCUT2D eigenvalue weighted by Gasteiger charge is 2.13. The lowest BCUT2D eigenvalue weighted by atomic mass is 9.85. The van der Waals surface area contributed by atoms with Gasteiger partial charge in [0.1, 0.15) is 0 Å². The standard InChI is InChI=1S/C12H24/c1-7-8-11(10(2)3)9-12(4,5)6/h7-9H2,1-6H3. The summed E-state index contributed by atoms with van der Waals surface area (Å²) in [5, 5.41) is 0.